The van der Waals surface area contributed by atoms with Gasteiger partial charge in [-0.05, 0) is 17.7 Å². The van der Waals surface area contributed by atoms with Crippen LogP contribution in [0.25, 0.3) is 0 Å². The zero-order chi connectivity index (χ0) is 20.9. The van der Waals surface area contributed by atoms with E-state index in [0.29, 0.717) is 11.4 Å². The maximum atomic E-state index is 13.5. The monoisotopic (exact) mass is 402 g/mol. The Hall–Kier alpha value is -3.62. The lowest BCUT2D eigenvalue weighted by Crippen LogP contribution is -2.27. The largest absolute Gasteiger partial charge is 0.497 e. The van der Waals surface area contributed by atoms with Gasteiger partial charge in [-0.2, -0.15) is 13.2 Å². The third kappa shape index (κ3) is 5.22. The Kier molecular flexibility index (Phi) is 5.96. The van der Waals surface area contributed by atoms with Crippen LogP contribution in [0.15, 0.2) is 60.8 Å². The highest BCUT2D eigenvalue weighted by Gasteiger charge is 2.38. The molecule has 0 saturated carbocycles. The van der Waals surface area contributed by atoms with Gasteiger partial charge >= 0.3 is 6.18 Å². The van der Waals surface area contributed by atoms with Crippen molar-refractivity contribution in [2.45, 2.75) is 12.7 Å². The van der Waals surface area contributed by atoms with Gasteiger partial charge in [0.05, 0.1) is 12.7 Å². The van der Waals surface area contributed by atoms with E-state index >= 15 is 0 Å². The molecule has 1 amide bonds. The number of hydrogen-bond acceptors (Lipinski definition) is 5. The zero-order valence-corrected chi connectivity index (χ0v) is 15.3. The molecule has 150 valence electrons. The Morgan fingerprint density at radius 1 is 1.10 bits per heavy atom. The number of benzene rings is 2. The van der Waals surface area contributed by atoms with E-state index in [4.69, 9.17) is 4.74 Å². The van der Waals surface area contributed by atoms with E-state index in [2.05, 4.69) is 20.6 Å². The minimum atomic E-state index is -4.83. The molecular weight excluding hydrogens is 385 g/mol. The van der Waals surface area contributed by atoms with Crippen LogP contribution in [-0.2, 0) is 12.7 Å². The fourth-order valence-electron chi connectivity index (χ4n) is 2.53. The number of carbonyl (C=O) groups is 1. The molecule has 3 aromatic rings. The van der Waals surface area contributed by atoms with Gasteiger partial charge in [0.1, 0.15) is 5.75 Å². The van der Waals surface area contributed by atoms with Gasteiger partial charge in [0.15, 0.2) is 5.69 Å². The van der Waals surface area contributed by atoms with Crippen LogP contribution in [0.3, 0.4) is 0 Å². The average molecular weight is 402 g/mol. The van der Waals surface area contributed by atoms with E-state index < -0.39 is 23.3 Å². The topological polar surface area (TPSA) is 76.1 Å². The van der Waals surface area contributed by atoms with E-state index in [1.807, 2.05) is 0 Å². The highest BCUT2D eigenvalue weighted by atomic mass is 19.4. The second-order valence-corrected chi connectivity index (χ2v) is 5.98. The van der Waals surface area contributed by atoms with E-state index in [-0.39, 0.29) is 12.5 Å². The van der Waals surface area contributed by atoms with Crippen molar-refractivity contribution >= 4 is 17.5 Å². The van der Waals surface area contributed by atoms with Gasteiger partial charge in [-0.25, -0.2) is 9.97 Å². The van der Waals surface area contributed by atoms with Crippen LogP contribution in [-0.4, -0.2) is 23.0 Å². The fourth-order valence-corrected chi connectivity index (χ4v) is 2.53. The number of aromatic nitrogens is 2. The van der Waals surface area contributed by atoms with Crippen LogP contribution in [0.1, 0.15) is 21.6 Å². The lowest BCUT2D eigenvalue weighted by molar-refractivity contribution is -0.141. The standard InChI is InChI=1S/C20H17F3N4O2/c1-29-15-9-5-8-14(10-15)26-19-25-12-16(17(27-19)20(21,22)23)18(28)24-11-13-6-3-2-4-7-13/h2-10,12H,11H2,1H3,(H,24,28)(H,25,26,27). The smallest absolute Gasteiger partial charge is 0.434 e. The van der Waals surface area contributed by atoms with Crippen LogP contribution in [0.5, 0.6) is 5.75 Å². The second kappa shape index (κ2) is 8.59. The van der Waals surface area contributed by atoms with E-state index in [1.54, 1.807) is 54.6 Å². The van der Waals surface area contributed by atoms with Crippen LogP contribution >= 0.6 is 0 Å². The quantitative estimate of drug-likeness (QED) is 0.647. The Balaban J connectivity index is 1.83. The molecule has 0 spiro atoms. The number of ether oxygens (including phenoxy) is 1. The number of rotatable bonds is 6. The van der Waals surface area contributed by atoms with E-state index in [9.17, 15) is 18.0 Å². The third-order valence-corrected chi connectivity index (χ3v) is 3.92. The molecule has 2 N–H and O–H groups in total. The van der Waals surface area contributed by atoms with Crippen LogP contribution in [0, 0.1) is 0 Å². The van der Waals surface area contributed by atoms with Crippen molar-refractivity contribution in [3.05, 3.63) is 77.6 Å². The first-order valence-electron chi connectivity index (χ1n) is 8.54. The van der Waals surface area contributed by atoms with Crippen molar-refractivity contribution in [2.75, 3.05) is 12.4 Å². The van der Waals surface area contributed by atoms with Crippen molar-refractivity contribution in [2.24, 2.45) is 0 Å². The molecule has 2 aromatic carbocycles. The summed E-state index contributed by atoms with van der Waals surface area (Å²) in [7, 11) is 1.47. The molecule has 0 bridgehead atoms. The number of halogens is 3. The van der Waals surface area contributed by atoms with Gasteiger partial charge in [0, 0.05) is 24.5 Å². The number of nitrogens with zero attached hydrogens (tertiary/aromatic N) is 2. The van der Waals surface area contributed by atoms with Gasteiger partial charge in [0.25, 0.3) is 5.91 Å². The summed E-state index contributed by atoms with van der Waals surface area (Å²) in [6.45, 7) is 0.0841. The SMILES string of the molecule is COc1cccc(Nc2ncc(C(=O)NCc3ccccc3)c(C(F)(F)F)n2)c1. The molecular formula is C20H17F3N4O2. The normalized spacial score (nSPS) is 11.0. The van der Waals surface area contributed by atoms with Crippen LogP contribution in [0.4, 0.5) is 24.8 Å². The fraction of sp³-hybridized carbons (Fsp3) is 0.150. The summed E-state index contributed by atoms with van der Waals surface area (Å²) < 4.78 is 45.5. The van der Waals surface area contributed by atoms with Gasteiger partial charge in [0.2, 0.25) is 5.95 Å². The van der Waals surface area contributed by atoms with Crippen LogP contribution < -0.4 is 15.4 Å². The zero-order valence-electron chi connectivity index (χ0n) is 15.3. The predicted octanol–water partition coefficient (Wildman–Crippen LogP) is 4.18. The van der Waals surface area contributed by atoms with Gasteiger partial charge in [-0.1, -0.05) is 36.4 Å². The molecule has 0 aliphatic rings. The molecule has 0 atom stereocenters. The Labute approximate surface area is 164 Å². The molecule has 6 nitrogen and oxygen atoms in total. The summed E-state index contributed by atoms with van der Waals surface area (Å²) in [6, 6.07) is 15.4. The maximum absolute atomic E-state index is 13.5. The molecule has 0 aliphatic carbocycles. The number of amides is 1. The predicted molar refractivity (Wildman–Crippen MR) is 101 cm³/mol. The first kappa shape index (κ1) is 20.1. The first-order valence-corrected chi connectivity index (χ1v) is 8.54. The molecule has 0 unspecified atom stereocenters. The highest BCUT2D eigenvalue weighted by Crippen LogP contribution is 2.31. The molecule has 29 heavy (non-hydrogen) atoms. The second-order valence-electron chi connectivity index (χ2n) is 5.98. The summed E-state index contributed by atoms with van der Waals surface area (Å²) >= 11 is 0. The molecule has 9 heteroatoms. The molecule has 1 aromatic heterocycles. The van der Waals surface area contributed by atoms with E-state index in [0.717, 1.165) is 11.8 Å². The van der Waals surface area contributed by atoms with Crippen molar-refractivity contribution in [3.63, 3.8) is 0 Å². The highest BCUT2D eigenvalue weighted by molar-refractivity contribution is 5.95. The van der Waals surface area contributed by atoms with Crippen LogP contribution in [0.2, 0.25) is 0 Å². The Morgan fingerprint density at radius 3 is 2.55 bits per heavy atom. The number of carbonyl (C=O) groups excluding carboxylic acids is 1. The number of alkyl halides is 3. The van der Waals surface area contributed by atoms with Crippen molar-refractivity contribution in [3.8, 4) is 5.75 Å². The molecule has 0 radical (unpaired) electrons. The van der Waals surface area contributed by atoms with Gasteiger partial charge in [-0.15, -0.1) is 0 Å². The van der Waals surface area contributed by atoms with Crippen molar-refractivity contribution in [1.29, 1.82) is 0 Å². The molecule has 0 saturated heterocycles. The molecule has 0 fully saturated rings. The molecule has 3 rings (SSSR count). The van der Waals surface area contributed by atoms with Gasteiger partial charge < -0.3 is 15.4 Å². The average Bonchev–Trinajstić information content (AvgIpc) is 2.72. The van der Waals surface area contributed by atoms with E-state index in [1.165, 1.54) is 7.11 Å². The summed E-state index contributed by atoms with van der Waals surface area (Å²) in [4.78, 5) is 19.7. The Morgan fingerprint density at radius 2 is 1.86 bits per heavy atom. The van der Waals surface area contributed by atoms with Gasteiger partial charge in [-0.3, -0.25) is 4.79 Å². The minimum absolute atomic E-state index is 0.0841. The summed E-state index contributed by atoms with van der Waals surface area (Å²) in [5, 5.41) is 5.14. The molecule has 1 heterocycles. The summed E-state index contributed by atoms with van der Waals surface area (Å²) in [6.07, 6.45) is -3.97. The van der Waals surface area contributed by atoms with Crippen molar-refractivity contribution < 1.29 is 22.7 Å². The summed E-state index contributed by atoms with van der Waals surface area (Å²) in [5.41, 5.74) is -0.765. The number of nitrogens with one attached hydrogen (secondary N) is 2. The lowest BCUT2D eigenvalue weighted by Gasteiger charge is -2.14. The number of hydrogen-bond donors (Lipinski definition) is 2. The maximum Gasteiger partial charge on any atom is 0.434 e. The third-order valence-electron chi connectivity index (χ3n) is 3.92. The lowest BCUT2D eigenvalue weighted by atomic mass is 10.2. The number of methoxy groups -OCH3 is 1. The Bertz CT molecular complexity index is 995. The first-order chi connectivity index (χ1) is 13.9. The summed E-state index contributed by atoms with van der Waals surface area (Å²) in [5.74, 6) is -0.678. The van der Waals surface area contributed by atoms with Crippen molar-refractivity contribution in [1.82, 2.24) is 15.3 Å². The minimum Gasteiger partial charge on any atom is -0.497 e. The molecule has 0 aliphatic heterocycles. The number of anilines is 2.